The summed E-state index contributed by atoms with van der Waals surface area (Å²) < 4.78 is 63.9. The van der Waals surface area contributed by atoms with Crippen molar-refractivity contribution in [3.8, 4) is 11.5 Å². The van der Waals surface area contributed by atoms with Crippen molar-refractivity contribution in [2.24, 2.45) is 0 Å². The minimum Gasteiger partial charge on any atom is -0.454 e. The fourth-order valence-corrected chi connectivity index (χ4v) is 3.53. The Hall–Kier alpha value is -2.19. The fraction of sp³-hybridized carbons (Fsp3) is 0.200. The van der Waals surface area contributed by atoms with Gasteiger partial charge in [-0.05, 0) is 36.8 Å². The summed E-state index contributed by atoms with van der Waals surface area (Å²) in [5.41, 5.74) is 0.625. The van der Waals surface area contributed by atoms with E-state index in [0.29, 0.717) is 23.1 Å². The Morgan fingerprint density at radius 1 is 1.09 bits per heavy atom. The molecule has 0 aliphatic carbocycles. The summed E-state index contributed by atoms with van der Waals surface area (Å²) in [5, 5.41) is 0. The molecule has 1 atom stereocenters. The molecule has 0 saturated heterocycles. The van der Waals surface area contributed by atoms with Crippen LogP contribution in [-0.4, -0.2) is 15.2 Å². The number of halogens is 2. The van der Waals surface area contributed by atoms with Crippen LogP contribution in [0.5, 0.6) is 11.5 Å². The van der Waals surface area contributed by atoms with E-state index in [-0.39, 0.29) is 6.79 Å². The number of nitrogens with one attached hydrogen (secondary N) is 1. The summed E-state index contributed by atoms with van der Waals surface area (Å²) >= 11 is 0. The predicted octanol–water partition coefficient (Wildman–Crippen LogP) is 2.73. The molecule has 23 heavy (non-hydrogen) atoms. The van der Waals surface area contributed by atoms with Crippen LogP contribution in [0.15, 0.2) is 41.3 Å². The summed E-state index contributed by atoms with van der Waals surface area (Å²) in [5.74, 6) is -0.893. The monoisotopic (exact) mass is 341 g/mol. The molecule has 5 nitrogen and oxygen atoms in total. The average Bonchev–Trinajstić information content (AvgIpc) is 2.93. The molecule has 0 spiro atoms. The molecule has 0 aromatic heterocycles. The molecule has 1 heterocycles. The SMILES string of the molecule is CC(NS(=O)(=O)c1ccc(F)cc1F)c1ccc2c(c1)OCO2. The fourth-order valence-electron chi connectivity index (χ4n) is 2.24. The van der Waals surface area contributed by atoms with E-state index in [1.165, 1.54) is 0 Å². The van der Waals surface area contributed by atoms with Gasteiger partial charge in [-0.15, -0.1) is 0 Å². The molecular weight excluding hydrogens is 328 g/mol. The van der Waals surface area contributed by atoms with Gasteiger partial charge in [-0.3, -0.25) is 0 Å². The van der Waals surface area contributed by atoms with Crippen molar-refractivity contribution in [3.05, 3.63) is 53.6 Å². The van der Waals surface area contributed by atoms with Gasteiger partial charge in [-0.2, -0.15) is 0 Å². The first-order valence-electron chi connectivity index (χ1n) is 6.74. The second-order valence-corrected chi connectivity index (χ2v) is 6.71. The van der Waals surface area contributed by atoms with Gasteiger partial charge >= 0.3 is 0 Å². The first-order chi connectivity index (χ1) is 10.9. The Labute approximate surface area is 131 Å². The second kappa shape index (κ2) is 5.78. The summed E-state index contributed by atoms with van der Waals surface area (Å²) in [6.07, 6.45) is 0. The van der Waals surface area contributed by atoms with Crippen LogP contribution in [-0.2, 0) is 10.0 Å². The van der Waals surface area contributed by atoms with Gasteiger partial charge in [0.2, 0.25) is 16.8 Å². The molecule has 8 heteroatoms. The van der Waals surface area contributed by atoms with E-state index in [4.69, 9.17) is 9.47 Å². The largest absolute Gasteiger partial charge is 0.454 e. The number of rotatable bonds is 4. The van der Waals surface area contributed by atoms with Crippen molar-refractivity contribution in [3.63, 3.8) is 0 Å². The standard InChI is InChI=1S/C15H13F2NO4S/c1-9(10-2-4-13-14(6-10)22-8-21-13)18-23(19,20)15-5-3-11(16)7-12(15)17/h2-7,9,18H,8H2,1H3. The molecule has 0 bridgehead atoms. The third-order valence-corrected chi connectivity index (χ3v) is 4.99. The normalized spacial score (nSPS) is 14.7. The maximum absolute atomic E-state index is 13.7. The first-order valence-corrected chi connectivity index (χ1v) is 8.22. The van der Waals surface area contributed by atoms with Crippen LogP contribution in [0.1, 0.15) is 18.5 Å². The van der Waals surface area contributed by atoms with Crippen LogP contribution >= 0.6 is 0 Å². The Morgan fingerprint density at radius 2 is 1.83 bits per heavy atom. The van der Waals surface area contributed by atoms with Gasteiger partial charge in [-0.1, -0.05) is 6.07 Å². The van der Waals surface area contributed by atoms with Gasteiger partial charge in [0.25, 0.3) is 0 Å². The molecule has 0 fully saturated rings. The van der Waals surface area contributed by atoms with E-state index in [0.717, 1.165) is 12.1 Å². The van der Waals surface area contributed by atoms with Crippen molar-refractivity contribution in [2.75, 3.05) is 6.79 Å². The van der Waals surface area contributed by atoms with Crippen molar-refractivity contribution in [2.45, 2.75) is 17.9 Å². The zero-order valence-corrected chi connectivity index (χ0v) is 12.9. The van der Waals surface area contributed by atoms with E-state index >= 15 is 0 Å². The number of ether oxygens (including phenoxy) is 2. The molecule has 0 amide bonds. The Bertz CT molecular complexity index is 855. The van der Waals surface area contributed by atoms with E-state index in [9.17, 15) is 17.2 Å². The topological polar surface area (TPSA) is 64.6 Å². The molecule has 0 radical (unpaired) electrons. The third kappa shape index (κ3) is 3.13. The maximum Gasteiger partial charge on any atom is 0.244 e. The van der Waals surface area contributed by atoms with Crippen LogP contribution < -0.4 is 14.2 Å². The molecular formula is C15H13F2NO4S. The van der Waals surface area contributed by atoms with Gasteiger partial charge in [0, 0.05) is 12.1 Å². The molecule has 1 unspecified atom stereocenters. The van der Waals surface area contributed by atoms with E-state index < -0.39 is 32.6 Å². The molecule has 2 aromatic carbocycles. The molecule has 3 rings (SSSR count). The van der Waals surface area contributed by atoms with Crippen molar-refractivity contribution >= 4 is 10.0 Å². The van der Waals surface area contributed by atoms with Gasteiger partial charge in [0.15, 0.2) is 11.5 Å². The minimum atomic E-state index is -4.13. The Morgan fingerprint density at radius 3 is 2.57 bits per heavy atom. The van der Waals surface area contributed by atoms with Gasteiger partial charge in [0.1, 0.15) is 16.5 Å². The minimum absolute atomic E-state index is 0.111. The smallest absolute Gasteiger partial charge is 0.244 e. The van der Waals surface area contributed by atoms with Gasteiger partial charge in [-0.25, -0.2) is 21.9 Å². The van der Waals surface area contributed by atoms with Crippen LogP contribution in [0.3, 0.4) is 0 Å². The number of benzene rings is 2. The lowest BCUT2D eigenvalue weighted by atomic mass is 10.1. The van der Waals surface area contributed by atoms with Crippen LogP contribution in [0, 0.1) is 11.6 Å². The quantitative estimate of drug-likeness (QED) is 0.929. The number of sulfonamides is 1. The molecule has 2 aromatic rings. The lowest BCUT2D eigenvalue weighted by Crippen LogP contribution is -2.27. The molecule has 1 aliphatic heterocycles. The highest BCUT2D eigenvalue weighted by molar-refractivity contribution is 7.89. The predicted molar refractivity (Wildman–Crippen MR) is 77.7 cm³/mol. The lowest BCUT2D eigenvalue weighted by Gasteiger charge is -2.15. The summed E-state index contributed by atoms with van der Waals surface area (Å²) in [4.78, 5) is -0.605. The zero-order chi connectivity index (χ0) is 16.6. The number of fused-ring (bicyclic) bond motifs is 1. The molecule has 0 saturated carbocycles. The van der Waals surface area contributed by atoms with Crippen molar-refractivity contribution < 1.29 is 26.7 Å². The summed E-state index contributed by atoms with van der Waals surface area (Å²) in [6, 6.07) is 6.67. The summed E-state index contributed by atoms with van der Waals surface area (Å²) in [7, 11) is -4.13. The number of hydrogen-bond donors (Lipinski definition) is 1. The molecule has 1 aliphatic rings. The number of hydrogen-bond acceptors (Lipinski definition) is 4. The van der Waals surface area contributed by atoms with Gasteiger partial charge < -0.3 is 9.47 Å². The highest BCUT2D eigenvalue weighted by Crippen LogP contribution is 2.34. The second-order valence-electron chi connectivity index (χ2n) is 5.03. The van der Waals surface area contributed by atoms with Crippen molar-refractivity contribution in [1.82, 2.24) is 4.72 Å². The summed E-state index contributed by atoms with van der Waals surface area (Å²) in [6.45, 7) is 1.72. The van der Waals surface area contributed by atoms with Crippen LogP contribution in [0.2, 0.25) is 0 Å². The highest BCUT2D eigenvalue weighted by atomic mass is 32.2. The highest BCUT2D eigenvalue weighted by Gasteiger charge is 2.23. The van der Waals surface area contributed by atoms with E-state index in [1.807, 2.05) is 0 Å². The van der Waals surface area contributed by atoms with E-state index in [2.05, 4.69) is 4.72 Å². The van der Waals surface area contributed by atoms with Crippen molar-refractivity contribution in [1.29, 1.82) is 0 Å². The van der Waals surface area contributed by atoms with E-state index in [1.54, 1.807) is 25.1 Å². The van der Waals surface area contributed by atoms with Crippen LogP contribution in [0.25, 0.3) is 0 Å². The average molecular weight is 341 g/mol. The van der Waals surface area contributed by atoms with Crippen LogP contribution in [0.4, 0.5) is 8.78 Å². The molecule has 122 valence electrons. The zero-order valence-electron chi connectivity index (χ0n) is 12.0. The first kappa shape index (κ1) is 15.7. The van der Waals surface area contributed by atoms with Gasteiger partial charge in [0.05, 0.1) is 0 Å². The third-order valence-electron chi connectivity index (χ3n) is 3.41. The molecule has 1 N–H and O–H groups in total. The Balaban J connectivity index is 1.85. The lowest BCUT2D eigenvalue weighted by molar-refractivity contribution is 0.174. The maximum atomic E-state index is 13.7. The Kier molecular flexibility index (Phi) is 3.95.